The van der Waals surface area contributed by atoms with Crippen LogP contribution in [0.4, 0.5) is 0 Å². The second kappa shape index (κ2) is 5.58. The van der Waals surface area contributed by atoms with Crippen LogP contribution in [0.3, 0.4) is 0 Å². The Hall–Kier alpha value is -2.12. The Labute approximate surface area is 127 Å². The molecule has 1 aromatic carbocycles. The Morgan fingerprint density at radius 2 is 2.18 bits per heavy atom. The third-order valence-corrected chi connectivity index (χ3v) is 3.92. The maximum absolute atomic E-state index is 11.5. The third kappa shape index (κ3) is 2.77. The average Bonchev–Trinajstić information content (AvgIpc) is 2.73. The van der Waals surface area contributed by atoms with Gasteiger partial charge in [0.25, 0.3) is 0 Å². The number of carbonyl (C=O) groups excluding carboxylic acids is 1. The van der Waals surface area contributed by atoms with Crippen LogP contribution in [-0.4, -0.2) is 40.7 Å². The van der Waals surface area contributed by atoms with Crippen LogP contribution in [0.2, 0.25) is 0 Å². The van der Waals surface area contributed by atoms with Crippen LogP contribution in [0.25, 0.3) is 11.1 Å². The summed E-state index contributed by atoms with van der Waals surface area (Å²) in [6, 6.07) is 5.68. The normalized spacial score (nSPS) is 23.0. The van der Waals surface area contributed by atoms with Crippen LogP contribution in [0.15, 0.2) is 27.4 Å². The van der Waals surface area contributed by atoms with E-state index in [4.69, 9.17) is 14.9 Å². The number of benzene rings is 1. The van der Waals surface area contributed by atoms with Crippen LogP contribution in [0, 0.1) is 0 Å². The minimum Gasteiger partial charge on any atom is -0.408 e. The summed E-state index contributed by atoms with van der Waals surface area (Å²) in [6.07, 6.45) is -0.633. The van der Waals surface area contributed by atoms with Gasteiger partial charge in [-0.1, -0.05) is 6.07 Å². The van der Waals surface area contributed by atoms with E-state index in [0.717, 1.165) is 17.6 Å². The third-order valence-electron chi connectivity index (χ3n) is 3.92. The number of nitrogens with zero attached hydrogens (tertiary/aromatic N) is 2. The first-order chi connectivity index (χ1) is 10.4. The van der Waals surface area contributed by atoms with Crippen molar-refractivity contribution in [2.24, 2.45) is 12.8 Å². The first-order valence-corrected chi connectivity index (χ1v) is 7.19. The van der Waals surface area contributed by atoms with Crippen molar-refractivity contribution in [1.29, 1.82) is 0 Å². The summed E-state index contributed by atoms with van der Waals surface area (Å²) in [6.45, 7) is 3.75. The van der Waals surface area contributed by atoms with Crippen LogP contribution in [-0.2, 0) is 23.1 Å². The standard InChI is InChI=1S/C15H19N3O4/c1-9-6-18(8-13(21-9)14(16)19)7-10-3-4-11-12(5-10)22-15(20)17(11)2/h3-5,9,13H,6-8H2,1-2H3,(H2,16,19)/t9-,13-/m1/s1. The molecule has 0 saturated carbocycles. The van der Waals surface area contributed by atoms with E-state index in [0.29, 0.717) is 18.7 Å². The smallest absolute Gasteiger partial charge is 0.408 e. The van der Waals surface area contributed by atoms with E-state index < -0.39 is 12.0 Å². The first-order valence-electron chi connectivity index (χ1n) is 7.19. The molecule has 118 valence electrons. The van der Waals surface area contributed by atoms with Crippen LogP contribution in [0.1, 0.15) is 12.5 Å². The van der Waals surface area contributed by atoms with Gasteiger partial charge in [0.15, 0.2) is 5.58 Å². The second-order valence-electron chi connectivity index (χ2n) is 5.76. The number of aryl methyl sites for hydroxylation is 1. The topological polar surface area (TPSA) is 90.7 Å². The summed E-state index contributed by atoms with van der Waals surface area (Å²) in [5, 5.41) is 0. The predicted octanol–water partition coefficient (Wildman–Crippen LogP) is 0.206. The highest BCUT2D eigenvalue weighted by Gasteiger charge is 2.28. The van der Waals surface area contributed by atoms with Gasteiger partial charge in [-0.2, -0.15) is 0 Å². The molecule has 22 heavy (non-hydrogen) atoms. The molecular formula is C15H19N3O4. The molecule has 2 atom stereocenters. The van der Waals surface area contributed by atoms with Gasteiger partial charge in [-0.15, -0.1) is 0 Å². The minimum absolute atomic E-state index is 0.0513. The largest absolute Gasteiger partial charge is 0.419 e. The molecule has 1 fully saturated rings. The Bertz CT molecular complexity index is 764. The second-order valence-corrected chi connectivity index (χ2v) is 5.76. The van der Waals surface area contributed by atoms with E-state index in [2.05, 4.69) is 4.90 Å². The first kappa shape index (κ1) is 14.8. The molecule has 0 spiro atoms. The highest BCUT2D eigenvalue weighted by Crippen LogP contribution is 2.18. The van der Waals surface area contributed by atoms with E-state index in [1.54, 1.807) is 7.05 Å². The number of rotatable bonds is 3. The molecule has 7 heteroatoms. The maximum Gasteiger partial charge on any atom is 0.419 e. The minimum atomic E-state index is -0.581. The van der Waals surface area contributed by atoms with Crippen molar-refractivity contribution in [3.05, 3.63) is 34.3 Å². The van der Waals surface area contributed by atoms with E-state index in [9.17, 15) is 9.59 Å². The summed E-state index contributed by atoms with van der Waals surface area (Å²) in [5.41, 5.74) is 7.68. The van der Waals surface area contributed by atoms with Crippen LogP contribution >= 0.6 is 0 Å². The van der Waals surface area contributed by atoms with Crippen LogP contribution < -0.4 is 11.5 Å². The molecule has 1 aliphatic rings. The van der Waals surface area contributed by atoms with E-state index in [-0.39, 0.29) is 11.9 Å². The van der Waals surface area contributed by atoms with Gasteiger partial charge in [-0.05, 0) is 24.6 Å². The molecule has 0 aliphatic carbocycles. The number of morpholine rings is 1. The van der Waals surface area contributed by atoms with Crippen molar-refractivity contribution in [3.8, 4) is 0 Å². The Morgan fingerprint density at radius 3 is 2.91 bits per heavy atom. The molecule has 1 amide bonds. The fourth-order valence-corrected chi connectivity index (χ4v) is 2.86. The van der Waals surface area contributed by atoms with Crippen LogP contribution in [0.5, 0.6) is 0 Å². The van der Waals surface area contributed by atoms with Gasteiger partial charge < -0.3 is 14.9 Å². The zero-order valence-electron chi connectivity index (χ0n) is 12.6. The van der Waals surface area contributed by atoms with Gasteiger partial charge in [-0.3, -0.25) is 14.3 Å². The fraction of sp³-hybridized carbons (Fsp3) is 0.467. The lowest BCUT2D eigenvalue weighted by molar-refractivity contribution is -0.142. The van der Waals surface area contributed by atoms with Crippen molar-refractivity contribution in [3.63, 3.8) is 0 Å². The highest BCUT2D eigenvalue weighted by atomic mass is 16.5. The van der Waals surface area contributed by atoms with Crippen molar-refractivity contribution < 1.29 is 13.9 Å². The lowest BCUT2D eigenvalue weighted by atomic mass is 10.1. The molecule has 0 bridgehead atoms. The molecular weight excluding hydrogens is 286 g/mol. The van der Waals surface area contributed by atoms with Gasteiger partial charge in [0.1, 0.15) is 6.10 Å². The summed E-state index contributed by atoms with van der Waals surface area (Å²) in [5.74, 6) is -0.818. The quantitative estimate of drug-likeness (QED) is 0.875. The molecule has 1 aliphatic heterocycles. The predicted molar refractivity (Wildman–Crippen MR) is 80.3 cm³/mol. The van der Waals surface area contributed by atoms with E-state index in [1.807, 2.05) is 25.1 Å². The Balaban J connectivity index is 1.80. The lowest BCUT2D eigenvalue weighted by Gasteiger charge is -2.35. The molecule has 3 rings (SSSR count). The summed E-state index contributed by atoms with van der Waals surface area (Å²) in [4.78, 5) is 25.0. The number of primary amides is 1. The number of hydrogen-bond donors (Lipinski definition) is 1. The fourth-order valence-electron chi connectivity index (χ4n) is 2.86. The molecule has 2 N–H and O–H groups in total. The maximum atomic E-state index is 11.5. The monoisotopic (exact) mass is 305 g/mol. The molecule has 2 aromatic rings. The molecule has 0 radical (unpaired) electrons. The number of fused-ring (bicyclic) bond motifs is 1. The summed E-state index contributed by atoms with van der Waals surface area (Å²) in [7, 11) is 1.68. The number of ether oxygens (including phenoxy) is 1. The molecule has 1 saturated heterocycles. The number of nitrogens with two attached hydrogens (primary N) is 1. The molecule has 0 unspecified atom stereocenters. The summed E-state index contributed by atoms with van der Waals surface area (Å²) >= 11 is 0. The van der Waals surface area contributed by atoms with Gasteiger partial charge in [0.2, 0.25) is 5.91 Å². The van der Waals surface area contributed by atoms with E-state index >= 15 is 0 Å². The molecule has 1 aromatic heterocycles. The Kier molecular flexibility index (Phi) is 3.76. The van der Waals surface area contributed by atoms with Crippen molar-refractivity contribution in [1.82, 2.24) is 9.47 Å². The number of amides is 1. The average molecular weight is 305 g/mol. The van der Waals surface area contributed by atoms with Crippen molar-refractivity contribution in [2.75, 3.05) is 13.1 Å². The number of carbonyl (C=O) groups is 1. The Morgan fingerprint density at radius 1 is 1.41 bits per heavy atom. The number of oxazole rings is 1. The van der Waals surface area contributed by atoms with E-state index in [1.165, 1.54) is 4.57 Å². The van der Waals surface area contributed by atoms with Gasteiger partial charge >= 0.3 is 5.76 Å². The molecule has 7 nitrogen and oxygen atoms in total. The number of aromatic nitrogens is 1. The number of hydrogen-bond acceptors (Lipinski definition) is 5. The zero-order chi connectivity index (χ0) is 15.9. The highest BCUT2D eigenvalue weighted by molar-refractivity contribution is 5.79. The van der Waals surface area contributed by atoms with Gasteiger partial charge in [0.05, 0.1) is 11.6 Å². The van der Waals surface area contributed by atoms with Crippen molar-refractivity contribution in [2.45, 2.75) is 25.7 Å². The summed E-state index contributed by atoms with van der Waals surface area (Å²) < 4.78 is 12.2. The zero-order valence-corrected chi connectivity index (χ0v) is 12.6. The van der Waals surface area contributed by atoms with Gasteiger partial charge in [-0.25, -0.2) is 4.79 Å². The van der Waals surface area contributed by atoms with Gasteiger partial charge in [0, 0.05) is 26.7 Å². The molecule has 2 heterocycles. The van der Waals surface area contributed by atoms with Crippen molar-refractivity contribution >= 4 is 17.0 Å². The SMILES string of the molecule is C[C@@H]1CN(Cc2ccc3c(c2)oc(=O)n3C)C[C@H](C(N)=O)O1. The lowest BCUT2D eigenvalue weighted by Crippen LogP contribution is -2.51.